The Kier molecular flexibility index (Phi) is 3.09. The highest BCUT2D eigenvalue weighted by molar-refractivity contribution is 5.47. The van der Waals surface area contributed by atoms with E-state index >= 15 is 0 Å². The summed E-state index contributed by atoms with van der Waals surface area (Å²) in [6.07, 6.45) is -4.53. The van der Waals surface area contributed by atoms with Crippen LogP contribution in [0.5, 0.6) is 0 Å². The third-order valence-corrected chi connectivity index (χ3v) is 2.76. The second-order valence-corrected chi connectivity index (χ2v) is 4.09. The van der Waals surface area contributed by atoms with Crippen molar-refractivity contribution >= 4 is 5.69 Å². The van der Waals surface area contributed by atoms with Gasteiger partial charge in [-0.2, -0.15) is 13.2 Å². The molecule has 2 aromatic rings. The highest BCUT2D eigenvalue weighted by Crippen LogP contribution is 2.33. The summed E-state index contributed by atoms with van der Waals surface area (Å²) < 4.78 is 39.8. The van der Waals surface area contributed by atoms with Crippen LogP contribution in [0.15, 0.2) is 41.2 Å². The van der Waals surface area contributed by atoms with Gasteiger partial charge in [-0.25, -0.2) is 0 Å². The van der Waals surface area contributed by atoms with Crippen LogP contribution in [0.2, 0.25) is 0 Å². The quantitative estimate of drug-likeness (QED) is 0.864. The van der Waals surface area contributed by atoms with Gasteiger partial charge < -0.3 is 5.73 Å². The normalized spacial score (nSPS) is 11.6. The van der Waals surface area contributed by atoms with E-state index in [9.17, 15) is 18.0 Å². The Bertz CT molecular complexity index is 674. The number of hydrogen-bond acceptors (Lipinski definition) is 2. The summed E-state index contributed by atoms with van der Waals surface area (Å²) in [5, 5.41) is 0. The second kappa shape index (κ2) is 4.46. The number of aryl methyl sites for hydroxylation is 1. The number of anilines is 1. The lowest BCUT2D eigenvalue weighted by atomic mass is 10.1. The maximum atomic E-state index is 13.0. The van der Waals surface area contributed by atoms with Gasteiger partial charge in [0.2, 0.25) is 0 Å². The predicted octanol–water partition coefficient (Wildman–Crippen LogP) is 2.75. The van der Waals surface area contributed by atoms with Crippen LogP contribution in [0.1, 0.15) is 11.3 Å². The maximum Gasteiger partial charge on any atom is 0.418 e. The predicted molar refractivity (Wildman–Crippen MR) is 66.2 cm³/mol. The van der Waals surface area contributed by atoms with Crippen LogP contribution in [-0.4, -0.2) is 4.57 Å². The molecule has 0 aliphatic rings. The third kappa shape index (κ3) is 2.33. The molecule has 2 N–H and O–H groups in total. The van der Waals surface area contributed by atoms with Gasteiger partial charge >= 0.3 is 6.18 Å². The summed E-state index contributed by atoms with van der Waals surface area (Å²) in [6.45, 7) is 1.55. The van der Waals surface area contributed by atoms with Crippen molar-refractivity contribution in [1.29, 1.82) is 0 Å². The first-order chi connectivity index (χ1) is 8.82. The summed E-state index contributed by atoms with van der Waals surface area (Å²) in [4.78, 5) is 11.9. The average molecular weight is 268 g/mol. The fourth-order valence-electron chi connectivity index (χ4n) is 1.85. The first kappa shape index (κ1) is 13.2. The molecule has 0 atom stereocenters. The molecule has 0 aliphatic heterocycles. The van der Waals surface area contributed by atoms with Crippen LogP contribution in [-0.2, 0) is 6.18 Å². The molecule has 100 valence electrons. The van der Waals surface area contributed by atoms with Crippen LogP contribution in [0, 0.1) is 6.92 Å². The molecule has 3 nitrogen and oxygen atoms in total. The van der Waals surface area contributed by atoms with Gasteiger partial charge in [-0.05, 0) is 31.2 Å². The number of nitrogen functional groups attached to an aromatic ring is 1. The van der Waals surface area contributed by atoms with Gasteiger partial charge in [0, 0.05) is 5.69 Å². The summed E-state index contributed by atoms with van der Waals surface area (Å²) in [5.41, 5.74) is 4.02. The molecule has 0 spiro atoms. The molecule has 6 heteroatoms. The first-order valence-electron chi connectivity index (χ1n) is 5.47. The Balaban J connectivity index is 2.81. The van der Waals surface area contributed by atoms with Gasteiger partial charge in [-0.1, -0.05) is 12.1 Å². The molecule has 0 aliphatic carbocycles. The van der Waals surface area contributed by atoms with E-state index in [1.165, 1.54) is 30.3 Å². The zero-order valence-corrected chi connectivity index (χ0v) is 10.0. The number of pyridine rings is 1. The van der Waals surface area contributed by atoms with Gasteiger partial charge in [-0.15, -0.1) is 0 Å². The standard InChI is InChI=1S/C13H11F3N2O/c1-8-6-7-10(17)12(19)18(8)11-5-3-2-4-9(11)13(14,15)16/h2-7H,17H2,1H3. The number of nitrogens with two attached hydrogens (primary N) is 1. The third-order valence-electron chi connectivity index (χ3n) is 2.76. The zero-order valence-electron chi connectivity index (χ0n) is 10.0. The van der Waals surface area contributed by atoms with Crippen molar-refractivity contribution in [3.05, 3.63) is 58.0 Å². The van der Waals surface area contributed by atoms with Crippen molar-refractivity contribution in [3.63, 3.8) is 0 Å². The molecule has 19 heavy (non-hydrogen) atoms. The molecule has 0 unspecified atom stereocenters. The van der Waals surface area contributed by atoms with Crippen molar-refractivity contribution in [2.24, 2.45) is 0 Å². The molecule has 0 amide bonds. The molecule has 0 saturated carbocycles. The lowest BCUT2D eigenvalue weighted by Gasteiger charge is -2.16. The largest absolute Gasteiger partial charge is 0.418 e. The van der Waals surface area contributed by atoms with Crippen LogP contribution < -0.4 is 11.3 Å². The SMILES string of the molecule is Cc1ccc(N)c(=O)n1-c1ccccc1C(F)(F)F. The summed E-state index contributed by atoms with van der Waals surface area (Å²) in [6, 6.07) is 7.79. The average Bonchev–Trinajstić information content (AvgIpc) is 2.34. The molecule has 1 heterocycles. The number of aromatic nitrogens is 1. The van der Waals surface area contributed by atoms with E-state index in [1.807, 2.05) is 0 Å². The van der Waals surface area contributed by atoms with E-state index in [4.69, 9.17) is 5.73 Å². The second-order valence-electron chi connectivity index (χ2n) is 4.09. The number of benzene rings is 1. The molecule has 2 rings (SSSR count). The van der Waals surface area contributed by atoms with Crippen LogP contribution >= 0.6 is 0 Å². The molecule has 1 aromatic carbocycles. The summed E-state index contributed by atoms with van der Waals surface area (Å²) in [5.74, 6) is 0. The number of hydrogen-bond donors (Lipinski definition) is 1. The highest BCUT2D eigenvalue weighted by atomic mass is 19.4. The maximum absolute atomic E-state index is 13.0. The van der Waals surface area contributed by atoms with Gasteiger partial charge in [0.05, 0.1) is 16.9 Å². The fraction of sp³-hybridized carbons (Fsp3) is 0.154. The van der Waals surface area contributed by atoms with E-state index < -0.39 is 17.3 Å². The number of halogens is 3. The summed E-state index contributed by atoms with van der Waals surface area (Å²) in [7, 11) is 0. The number of alkyl halides is 3. The smallest absolute Gasteiger partial charge is 0.394 e. The minimum Gasteiger partial charge on any atom is -0.394 e. The van der Waals surface area contributed by atoms with Gasteiger partial charge in [-0.3, -0.25) is 9.36 Å². The monoisotopic (exact) mass is 268 g/mol. The first-order valence-corrected chi connectivity index (χ1v) is 5.47. The van der Waals surface area contributed by atoms with Gasteiger partial charge in [0.15, 0.2) is 0 Å². The Labute approximate surface area is 107 Å². The van der Waals surface area contributed by atoms with E-state index in [2.05, 4.69) is 0 Å². The number of nitrogens with zero attached hydrogens (tertiary/aromatic N) is 1. The molecule has 1 aromatic heterocycles. The van der Waals surface area contributed by atoms with E-state index in [0.717, 1.165) is 10.6 Å². The minimum absolute atomic E-state index is 0.0948. The highest BCUT2D eigenvalue weighted by Gasteiger charge is 2.34. The topological polar surface area (TPSA) is 48.0 Å². The van der Waals surface area contributed by atoms with Crippen molar-refractivity contribution in [2.45, 2.75) is 13.1 Å². The number of rotatable bonds is 1. The van der Waals surface area contributed by atoms with Crippen molar-refractivity contribution in [1.82, 2.24) is 4.57 Å². The van der Waals surface area contributed by atoms with Gasteiger partial charge in [0.25, 0.3) is 5.56 Å². The molecule has 0 radical (unpaired) electrons. The Hall–Kier alpha value is -2.24. The Morgan fingerprint density at radius 1 is 1.11 bits per heavy atom. The van der Waals surface area contributed by atoms with Crippen molar-refractivity contribution in [2.75, 3.05) is 5.73 Å². The molecular formula is C13H11F3N2O. The molecule has 0 saturated heterocycles. The van der Waals surface area contributed by atoms with Crippen molar-refractivity contribution in [3.8, 4) is 5.69 Å². The van der Waals surface area contributed by atoms with E-state index in [1.54, 1.807) is 6.92 Å². The van der Waals surface area contributed by atoms with Gasteiger partial charge in [0.1, 0.15) is 0 Å². The number of para-hydroxylation sites is 1. The lowest BCUT2D eigenvalue weighted by Crippen LogP contribution is -2.25. The molecule has 0 fully saturated rings. The van der Waals surface area contributed by atoms with Crippen LogP contribution in [0.4, 0.5) is 18.9 Å². The molecule has 0 bridgehead atoms. The van der Waals surface area contributed by atoms with Crippen molar-refractivity contribution < 1.29 is 13.2 Å². The lowest BCUT2D eigenvalue weighted by molar-refractivity contribution is -0.137. The van der Waals surface area contributed by atoms with Crippen LogP contribution in [0.25, 0.3) is 5.69 Å². The Morgan fingerprint density at radius 3 is 2.37 bits per heavy atom. The summed E-state index contributed by atoms with van der Waals surface area (Å²) >= 11 is 0. The zero-order chi connectivity index (χ0) is 14.2. The van der Waals surface area contributed by atoms with Crippen LogP contribution in [0.3, 0.4) is 0 Å². The van der Waals surface area contributed by atoms with E-state index in [-0.39, 0.29) is 11.4 Å². The Morgan fingerprint density at radius 2 is 1.74 bits per heavy atom. The fourth-order valence-corrected chi connectivity index (χ4v) is 1.85. The minimum atomic E-state index is -4.53. The van der Waals surface area contributed by atoms with E-state index in [0.29, 0.717) is 5.69 Å². The molecular weight excluding hydrogens is 257 g/mol.